The van der Waals surface area contributed by atoms with Crippen LogP contribution in [-0.4, -0.2) is 35.1 Å². The van der Waals surface area contributed by atoms with Crippen LogP contribution in [0.15, 0.2) is 23.5 Å². The van der Waals surface area contributed by atoms with Crippen molar-refractivity contribution in [1.82, 2.24) is 10.6 Å². The molecule has 0 spiro atoms. The fourth-order valence-corrected chi connectivity index (χ4v) is 1.16. The van der Waals surface area contributed by atoms with E-state index in [4.69, 9.17) is 5.11 Å². The summed E-state index contributed by atoms with van der Waals surface area (Å²) in [6.07, 6.45) is 1.91. The van der Waals surface area contributed by atoms with Crippen LogP contribution >= 0.6 is 0 Å². The van der Waals surface area contributed by atoms with Gasteiger partial charge in [-0.25, -0.2) is 0 Å². The highest BCUT2D eigenvalue weighted by atomic mass is 16.4. The van der Waals surface area contributed by atoms with Crippen LogP contribution < -0.4 is 10.6 Å². The summed E-state index contributed by atoms with van der Waals surface area (Å²) in [6.45, 7) is 0.745. The number of rotatable bonds is 4. The highest BCUT2D eigenvalue weighted by Gasteiger charge is 2.21. The molecule has 0 fully saturated rings. The lowest BCUT2D eigenvalue weighted by atomic mass is 10.1. The van der Waals surface area contributed by atoms with Gasteiger partial charge in [0.05, 0.1) is 11.4 Å². The molecule has 0 saturated carbocycles. The summed E-state index contributed by atoms with van der Waals surface area (Å²) < 4.78 is 0. The highest BCUT2D eigenvalue weighted by Crippen LogP contribution is 2.07. The second kappa shape index (κ2) is 5.06. The molecule has 0 radical (unpaired) electrons. The van der Waals surface area contributed by atoms with E-state index >= 15 is 0 Å². The molecule has 0 atom stereocenters. The van der Waals surface area contributed by atoms with Gasteiger partial charge in [0.25, 0.3) is 0 Å². The van der Waals surface area contributed by atoms with Crippen molar-refractivity contribution >= 4 is 23.4 Å². The number of amides is 1. The maximum Gasteiger partial charge on any atom is 0.322 e. The smallest absolute Gasteiger partial charge is 0.322 e. The van der Waals surface area contributed by atoms with Gasteiger partial charge < -0.3 is 15.7 Å². The molecule has 17 heavy (non-hydrogen) atoms. The first-order chi connectivity index (χ1) is 7.90. The topological polar surface area (TPSA) is 113 Å². The molecular weight excluding hydrogens is 228 g/mol. The van der Waals surface area contributed by atoms with E-state index < -0.39 is 30.0 Å². The molecule has 1 amide bonds. The molecule has 7 heteroatoms. The molecule has 0 aliphatic heterocycles. The molecule has 0 saturated heterocycles. The number of aliphatic carboxylic acids is 1. The SMILES string of the molecule is CC(=O)NC1=CC(=O)C(NCC(=O)O)=CC1=O. The Hall–Kier alpha value is -2.44. The van der Waals surface area contributed by atoms with Gasteiger partial charge in [-0.1, -0.05) is 0 Å². The Labute approximate surface area is 96.2 Å². The first-order valence-electron chi connectivity index (χ1n) is 4.65. The van der Waals surface area contributed by atoms with E-state index in [9.17, 15) is 19.2 Å². The van der Waals surface area contributed by atoms with Crippen LogP contribution in [0, 0.1) is 0 Å². The van der Waals surface area contributed by atoms with Crippen molar-refractivity contribution in [1.29, 1.82) is 0 Å². The summed E-state index contributed by atoms with van der Waals surface area (Å²) in [4.78, 5) is 43.9. The van der Waals surface area contributed by atoms with Gasteiger partial charge in [-0.2, -0.15) is 0 Å². The van der Waals surface area contributed by atoms with E-state index in [1.54, 1.807) is 0 Å². The largest absolute Gasteiger partial charge is 0.480 e. The molecule has 0 aromatic heterocycles. The fraction of sp³-hybridized carbons (Fsp3) is 0.200. The minimum Gasteiger partial charge on any atom is -0.480 e. The summed E-state index contributed by atoms with van der Waals surface area (Å²) >= 11 is 0. The molecule has 3 N–H and O–H groups in total. The zero-order valence-corrected chi connectivity index (χ0v) is 8.94. The normalized spacial score (nSPS) is 14.9. The van der Waals surface area contributed by atoms with Crippen LogP contribution in [0.5, 0.6) is 0 Å². The molecule has 0 aromatic rings. The summed E-state index contributed by atoms with van der Waals surface area (Å²) in [5, 5.41) is 12.9. The lowest BCUT2D eigenvalue weighted by molar-refractivity contribution is -0.135. The third-order valence-corrected chi connectivity index (χ3v) is 1.82. The number of allylic oxidation sites excluding steroid dienone is 2. The van der Waals surface area contributed by atoms with E-state index in [2.05, 4.69) is 10.6 Å². The molecule has 1 aliphatic rings. The van der Waals surface area contributed by atoms with Crippen molar-refractivity contribution in [2.45, 2.75) is 6.92 Å². The van der Waals surface area contributed by atoms with Crippen molar-refractivity contribution in [3.63, 3.8) is 0 Å². The van der Waals surface area contributed by atoms with E-state index in [1.165, 1.54) is 6.92 Å². The summed E-state index contributed by atoms with van der Waals surface area (Å²) in [6, 6.07) is 0. The number of carboxylic acid groups (broad SMARTS) is 1. The number of hydrogen-bond donors (Lipinski definition) is 3. The van der Waals surface area contributed by atoms with Gasteiger partial charge in [0, 0.05) is 19.1 Å². The Balaban J connectivity index is 2.76. The van der Waals surface area contributed by atoms with Crippen LogP contribution in [0.3, 0.4) is 0 Å². The average molecular weight is 238 g/mol. The molecule has 0 unspecified atom stereocenters. The zero-order valence-electron chi connectivity index (χ0n) is 8.94. The molecular formula is C10H10N2O5. The Kier molecular flexibility index (Phi) is 3.76. The van der Waals surface area contributed by atoms with E-state index in [1.807, 2.05) is 0 Å². The van der Waals surface area contributed by atoms with Gasteiger partial charge in [-0.3, -0.25) is 19.2 Å². The number of carbonyl (C=O) groups is 4. The number of carbonyl (C=O) groups excluding carboxylic acids is 3. The Morgan fingerprint density at radius 2 is 1.71 bits per heavy atom. The van der Waals surface area contributed by atoms with Gasteiger partial charge in [0.2, 0.25) is 17.5 Å². The Morgan fingerprint density at radius 1 is 1.18 bits per heavy atom. The van der Waals surface area contributed by atoms with Crippen LogP contribution in [0.2, 0.25) is 0 Å². The molecule has 0 heterocycles. The van der Waals surface area contributed by atoms with Crippen LogP contribution in [-0.2, 0) is 19.2 Å². The van der Waals surface area contributed by atoms with E-state index in [-0.39, 0.29) is 11.4 Å². The number of carboxylic acids is 1. The van der Waals surface area contributed by atoms with Crippen LogP contribution in [0.25, 0.3) is 0 Å². The summed E-state index contributed by atoms with van der Waals surface area (Å²) in [5.74, 6) is -2.74. The Morgan fingerprint density at radius 3 is 2.24 bits per heavy atom. The van der Waals surface area contributed by atoms with Crippen molar-refractivity contribution in [3.8, 4) is 0 Å². The quantitative estimate of drug-likeness (QED) is 0.525. The van der Waals surface area contributed by atoms with Gasteiger partial charge in [0.1, 0.15) is 6.54 Å². The maximum absolute atomic E-state index is 11.4. The summed E-state index contributed by atoms with van der Waals surface area (Å²) in [5.41, 5.74) is -0.227. The lowest BCUT2D eigenvalue weighted by Gasteiger charge is -2.12. The first kappa shape index (κ1) is 12.6. The van der Waals surface area contributed by atoms with Crippen molar-refractivity contribution in [2.75, 3.05) is 6.54 Å². The van der Waals surface area contributed by atoms with Crippen LogP contribution in [0.1, 0.15) is 6.92 Å². The monoisotopic (exact) mass is 238 g/mol. The molecule has 1 rings (SSSR count). The van der Waals surface area contributed by atoms with Crippen molar-refractivity contribution in [2.24, 2.45) is 0 Å². The number of hydrogen-bond acceptors (Lipinski definition) is 5. The molecule has 7 nitrogen and oxygen atoms in total. The predicted molar refractivity (Wildman–Crippen MR) is 55.6 cm³/mol. The van der Waals surface area contributed by atoms with Gasteiger partial charge in [-0.15, -0.1) is 0 Å². The third kappa shape index (κ3) is 3.56. The predicted octanol–water partition coefficient (Wildman–Crippen LogP) is -1.28. The molecule has 90 valence electrons. The molecule has 1 aliphatic carbocycles. The fourth-order valence-electron chi connectivity index (χ4n) is 1.16. The van der Waals surface area contributed by atoms with Crippen molar-refractivity contribution < 1.29 is 24.3 Å². The second-order valence-electron chi connectivity index (χ2n) is 3.27. The number of ketones is 2. The summed E-state index contributed by atoms with van der Waals surface area (Å²) in [7, 11) is 0. The Bertz CT molecular complexity index is 461. The first-order valence-corrected chi connectivity index (χ1v) is 4.65. The van der Waals surface area contributed by atoms with E-state index in [0.717, 1.165) is 12.2 Å². The lowest BCUT2D eigenvalue weighted by Crippen LogP contribution is -2.33. The highest BCUT2D eigenvalue weighted by molar-refractivity contribution is 6.20. The molecule has 0 bridgehead atoms. The number of nitrogens with one attached hydrogen (secondary N) is 2. The van der Waals surface area contributed by atoms with E-state index in [0.29, 0.717) is 0 Å². The minimum atomic E-state index is -1.15. The van der Waals surface area contributed by atoms with Gasteiger partial charge in [0.15, 0.2) is 0 Å². The standard InChI is InChI=1S/C10H10N2O5/c1-5(13)12-7-3-8(14)6(2-9(7)15)11-4-10(16)17/h2-3,11H,4H2,1H3,(H,12,13)(H,16,17). The van der Waals surface area contributed by atoms with Crippen molar-refractivity contribution in [3.05, 3.63) is 23.5 Å². The average Bonchev–Trinajstić information content (AvgIpc) is 2.20. The minimum absolute atomic E-state index is 0.105. The van der Waals surface area contributed by atoms with Gasteiger partial charge >= 0.3 is 5.97 Å². The third-order valence-electron chi connectivity index (χ3n) is 1.82. The molecule has 0 aromatic carbocycles. The zero-order chi connectivity index (χ0) is 13.0. The van der Waals surface area contributed by atoms with Crippen LogP contribution in [0.4, 0.5) is 0 Å². The maximum atomic E-state index is 11.4. The van der Waals surface area contributed by atoms with Gasteiger partial charge in [-0.05, 0) is 0 Å². The second-order valence-corrected chi connectivity index (χ2v) is 3.27.